The SMILES string of the molecule is O=C(Nc1cc(F)cc(F)c1)c1ccc2nc(-c3c(Cl)cccc3Cl)[nH]c2c1.O=C(Nc1ccc(F)c(C(F)(F)F)c1)c1ccc2nc(-c3c(Cl)cccc3Cl)[nH]c2c1. The summed E-state index contributed by atoms with van der Waals surface area (Å²) >= 11 is 24.8. The Kier molecular flexibility index (Phi) is 11.6. The summed E-state index contributed by atoms with van der Waals surface area (Å²) < 4.78 is 78.7. The van der Waals surface area contributed by atoms with E-state index < -0.39 is 41.0 Å². The van der Waals surface area contributed by atoms with Crippen LogP contribution in [0.2, 0.25) is 20.1 Å². The number of H-pyrrole nitrogens is 2. The van der Waals surface area contributed by atoms with Gasteiger partial charge < -0.3 is 20.6 Å². The molecule has 2 heterocycles. The van der Waals surface area contributed by atoms with Gasteiger partial charge in [0.2, 0.25) is 0 Å². The summed E-state index contributed by atoms with van der Waals surface area (Å²) in [5.74, 6) is -3.30. The van der Waals surface area contributed by atoms with Crippen molar-refractivity contribution in [3.05, 3.63) is 163 Å². The zero-order chi connectivity index (χ0) is 42.2. The van der Waals surface area contributed by atoms with Crippen LogP contribution in [0.25, 0.3) is 44.8 Å². The minimum Gasteiger partial charge on any atom is -0.338 e. The molecule has 2 aromatic heterocycles. The molecule has 4 N–H and O–H groups in total. The normalized spacial score (nSPS) is 11.4. The van der Waals surface area contributed by atoms with Crippen LogP contribution < -0.4 is 10.6 Å². The third-order valence-corrected chi connectivity index (χ3v) is 9.80. The van der Waals surface area contributed by atoms with E-state index in [0.717, 1.165) is 24.3 Å². The van der Waals surface area contributed by atoms with Crippen molar-refractivity contribution in [2.45, 2.75) is 6.18 Å². The molecular weight excluding hydrogens is 864 g/mol. The van der Waals surface area contributed by atoms with Crippen molar-refractivity contribution in [1.82, 2.24) is 19.9 Å². The molecule has 0 aliphatic carbocycles. The van der Waals surface area contributed by atoms with Gasteiger partial charge in [0.05, 0.1) is 58.8 Å². The van der Waals surface area contributed by atoms with Crippen molar-refractivity contribution >= 4 is 91.7 Å². The highest BCUT2D eigenvalue weighted by Gasteiger charge is 2.34. The number of anilines is 2. The zero-order valence-corrected chi connectivity index (χ0v) is 32.4. The topological polar surface area (TPSA) is 116 Å². The summed E-state index contributed by atoms with van der Waals surface area (Å²) in [5.41, 5.74) is 2.10. The van der Waals surface area contributed by atoms with Gasteiger partial charge in [-0.05, 0) is 91.0 Å². The lowest BCUT2D eigenvalue weighted by atomic mass is 10.1. The molecule has 18 heteroatoms. The Balaban J connectivity index is 0.000000180. The number of fused-ring (bicyclic) bond motifs is 2. The molecular formula is C41H22Cl4F6N6O2. The van der Waals surface area contributed by atoms with Crippen LogP contribution in [-0.2, 0) is 6.18 Å². The maximum atomic E-state index is 13.4. The molecule has 59 heavy (non-hydrogen) atoms. The van der Waals surface area contributed by atoms with Gasteiger partial charge in [0, 0.05) is 28.6 Å². The van der Waals surface area contributed by atoms with Crippen molar-refractivity contribution in [3.63, 3.8) is 0 Å². The van der Waals surface area contributed by atoms with Gasteiger partial charge in [0.25, 0.3) is 11.8 Å². The summed E-state index contributed by atoms with van der Waals surface area (Å²) in [6.07, 6.45) is -4.88. The van der Waals surface area contributed by atoms with Crippen LogP contribution in [0.5, 0.6) is 0 Å². The van der Waals surface area contributed by atoms with E-state index in [2.05, 4.69) is 30.6 Å². The van der Waals surface area contributed by atoms with Crippen LogP contribution in [-0.4, -0.2) is 31.8 Å². The molecule has 6 aromatic carbocycles. The molecule has 0 bridgehead atoms. The van der Waals surface area contributed by atoms with Crippen molar-refractivity contribution in [2.24, 2.45) is 0 Å². The van der Waals surface area contributed by atoms with Crippen LogP contribution >= 0.6 is 46.4 Å². The molecule has 0 saturated carbocycles. The van der Waals surface area contributed by atoms with Gasteiger partial charge in [0.1, 0.15) is 29.1 Å². The maximum absolute atomic E-state index is 13.4. The van der Waals surface area contributed by atoms with E-state index in [1.165, 1.54) is 12.1 Å². The lowest BCUT2D eigenvalue weighted by Gasteiger charge is -2.11. The Bertz CT molecular complexity index is 2870. The number of nitrogens with one attached hydrogen (secondary N) is 4. The van der Waals surface area contributed by atoms with Crippen LogP contribution in [0.3, 0.4) is 0 Å². The van der Waals surface area contributed by atoms with E-state index in [1.54, 1.807) is 60.7 Å². The van der Waals surface area contributed by atoms with Gasteiger partial charge in [0.15, 0.2) is 0 Å². The first-order chi connectivity index (χ1) is 28.0. The number of hydrogen-bond acceptors (Lipinski definition) is 4. The summed E-state index contributed by atoms with van der Waals surface area (Å²) in [7, 11) is 0. The molecule has 0 fully saturated rings. The summed E-state index contributed by atoms with van der Waals surface area (Å²) in [4.78, 5) is 40.0. The smallest absolute Gasteiger partial charge is 0.338 e. The van der Waals surface area contributed by atoms with Crippen LogP contribution in [0.15, 0.2) is 109 Å². The molecule has 8 rings (SSSR count). The first-order valence-corrected chi connectivity index (χ1v) is 18.4. The first-order valence-electron chi connectivity index (χ1n) is 16.9. The van der Waals surface area contributed by atoms with Crippen molar-refractivity contribution in [3.8, 4) is 22.8 Å². The monoisotopic (exact) mass is 884 g/mol. The van der Waals surface area contributed by atoms with Crippen molar-refractivity contribution in [1.29, 1.82) is 0 Å². The molecule has 0 atom stereocenters. The van der Waals surface area contributed by atoms with E-state index in [4.69, 9.17) is 46.4 Å². The highest BCUT2D eigenvalue weighted by atomic mass is 35.5. The Labute approximate surface area is 349 Å². The lowest BCUT2D eigenvalue weighted by Crippen LogP contribution is -2.14. The van der Waals surface area contributed by atoms with E-state index in [0.29, 0.717) is 77.1 Å². The van der Waals surface area contributed by atoms with E-state index in [9.17, 15) is 35.9 Å². The fourth-order valence-corrected chi connectivity index (χ4v) is 6.99. The molecule has 0 saturated heterocycles. The van der Waals surface area contributed by atoms with E-state index >= 15 is 0 Å². The van der Waals surface area contributed by atoms with Crippen LogP contribution in [0.1, 0.15) is 26.3 Å². The van der Waals surface area contributed by atoms with Gasteiger partial charge in [-0.15, -0.1) is 0 Å². The zero-order valence-electron chi connectivity index (χ0n) is 29.4. The van der Waals surface area contributed by atoms with E-state index in [-0.39, 0.29) is 22.5 Å². The number of carbonyl (C=O) groups excluding carboxylic acids is 2. The number of rotatable bonds is 6. The average molecular weight is 886 g/mol. The van der Waals surface area contributed by atoms with Crippen molar-refractivity contribution < 1.29 is 35.9 Å². The number of carbonyl (C=O) groups is 2. The predicted octanol–water partition coefficient (Wildman–Crippen LogP) is 13.0. The number of halogens is 10. The summed E-state index contributed by atoms with van der Waals surface area (Å²) in [5, 5.41) is 6.47. The molecule has 2 amide bonds. The molecule has 0 aliphatic heterocycles. The van der Waals surface area contributed by atoms with Gasteiger partial charge in [-0.2, -0.15) is 13.2 Å². The second-order valence-electron chi connectivity index (χ2n) is 12.6. The predicted molar refractivity (Wildman–Crippen MR) is 217 cm³/mol. The molecule has 0 spiro atoms. The number of benzene rings is 6. The first kappa shape index (κ1) is 41.1. The second-order valence-corrected chi connectivity index (χ2v) is 14.2. The number of alkyl halides is 3. The van der Waals surface area contributed by atoms with Gasteiger partial charge in [-0.25, -0.2) is 23.1 Å². The fourth-order valence-electron chi connectivity index (χ4n) is 5.84. The lowest BCUT2D eigenvalue weighted by molar-refractivity contribution is -0.139. The Morgan fingerprint density at radius 3 is 1.42 bits per heavy atom. The second kappa shape index (κ2) is 16.7. The third kappa shape index (κ3) is 9.16. The average Bonchev–Trinajstić information content (AvgIpc) is 3.78. The molecule has 8 aromatic rings. The summed E-state index contributed by atoms with van der Waals surface area (Å²) in [6.45, 7) is 0. The molecule has 0 radical (unpaired) electrons. The molecule has 298 valence electrons. The quantitative estimate of drug-likeness (QED) is 0.124. The molecule has 8 nitrogen and oxygen atoms in total. The number of aromatic amines is 2. The van der Waals surface area contributed by atoms with Crippen molar-refractivity contribution in [2.75, 3.05) is 10.6 Å². The molecule has 0 unspecified atom stereocenters. The Morgan fingerprint density at radius 2 is 0.983 bits per heavy atom. The Morgan fingerprint density at radius 1 is 0.542 bits per heavy atom. The van der Waals surface area contributed by atoms with E-state index in [1.807, 2.05) is 0 Å². The standard InChI is InChI=1S/C21H11Cl2F4N3O.C20H11Cl2F2N3O/c22-13-2-1-3-14(23)18(13)19-29-16-7-4-10(8-17(16)30-19)20(31)28-11-5-6-15(24)12(9-11)21(25,26)27;21-14-2-1-3-15(22)18(14)19-26-16-5-4-10(6-17(16)27-19)20(28)25-13-8-11(23)7-12(24)9-13/h1-9H,(H,28,31)(H,29,30);1-9H,(H,25,28)(H,26,27). The number of aromatic nitrogens is 4. The molecule has 0 aliphatic rings. The highest BCUT2D eigenvalue weighted by Crippen LogP contribution is 2.36. The van der Waals surface area contributed by atoms with Crippen LogP contribution in [0.4, 0.5) is 37.7 Å². The number of amides is 2. The summed E-state index contributed by atoms with van der Waals surface area (Å²) in [6, 6.07) is 24.5. The number of nitrogens with zero attached hydrogens (tertiary/aromatic N) is 2. The van der Waals surface area contributed by atoms with Gasteiger partial charge >= 0.3 is 6.18 Å². The van der Waals surface area contributed by atoms with Crippen LogP contribution in [0, 0.1) is 17.5 Å². The Hall–Kier alpha value is -6.06. The van der Waals surface area contributed by atoms with Gasteiger partial charge in [-0.1, -0.05) is 58.5 Å². The largest absolute Gasteiger partial charge is 0.419 e. The fraction of sp³-hybridized carbons (Fsp3) is 0.0244. The minimum atomic E-state index is -4.88. The highest BCUT2D eigenvalue weighted by molar-refractivity contribution is 6.39. The maximum Gasteiger partial charge on any atom is 0.419 e. The third-order valence-electron chi connectivity index (χ3n) is 8.54. The van der Waals surface area contributed by atoms with Gasteiger partial charge in [-0.3, -0.25) is 9.59 Å². The number of hydrogen-bond donors (Lipinski definition) is 4. The minimum absolute atomic E-state index is 0.0238. The number of imidazole rings is 2.